The molecule has 0 aliphatic carbocycles. The lowest BCUT2D eigenvalue weighted by Crippen LogP contribution is -2.42. The first-order valence-corrected chi connectivity index (χ1v) is 7.96. The number of ether oxygens (including phenoxy) is 1. The van der Waals surface area contributed by atoms with Gasteiger partial charge in [0.05, 0.1) is 6.61 Å². The van der Waals surface area contributed by atoms with Crippen LogP contribution >= 0.6 is 0 Å². The smallest absolute Gasteiger partial charge is 0.119 e. The zero-order valence-electron chi connectivity index (χ0n) is 12.8. The normalized spacial score (nSPS) is 19.4. The van der Waals surface area contributed by atoms with Crippen molar-refractivity contribution in [2.24, 2.45) is 11.7 Å². The Hall–Kier alpha value is -1.22. The van der Waals surface area contributed by atoms with Crippen molar-refractivity contribution in [3.8, 4) is 5.75 Å². The SMILES string of the molecule is CCC(CC)COc1ccc(N2CCCC(N)C2)cc1. The lowest BCUT2D eigenvalue weighted by Gasteiger charge is -2.32. The van der Waals surface area contributed by atoms with Crippen molar-refractivity contribution in [3.63, 3.8) is 0 Å². The largest absolute Gasteiger partial charge is 0.493 e. The monoisotopic (exact) mass is 276 g/mol. The fraction of sp³-hybridized carbons (Fsp3) is 0.647. The minimum Gasteiger partial charge on any atom is -0.493 e. The first-order chi connectivity index (χ1) is 9.72. The Labute approximate surface area is 123 Å². The van der Waals surface area contributed by atoms with Gasteiger partial charge in [-0.2, -0.15) is 0 Å². The minimum absolute atomic E-state index is 0.314. The van der Waals surface area contributed by atoms with Crippen LogP contribution in [0.1, 0.15) is 39.5 Å². The number of benzene rings is 1. The molecule has 2 rings (SSSR count). The summed E-state index contributed by atoms with van der Waals surface area (Å²) in [5.41, 5.74) is 7.30. The highest BCUT2D eigenvalue weighted by Crippen LogP contribution is 2.23. The Bertz CT molecular complexity index is 386. The van der Waals surface area contributed by atoms with E-state index in [9.17, 15) is 0 Å². The quantitative estimate of drug-likeness (QED) is 0.865. The highest BCUT2D eigenvalue weighted by molar-refractivity contribution is 5.49. The van der Waals surface area contributed by atoms with Gasteiger partial charge in [-0.15, -0.1) is 0 Å². The molecule has 1 atom stereocenters. The summed E-state index contributed by atoms with van der Waals surface area (Å²) in [5, 5.41) is 0. The summed E-state index contributed by atoms with van der Waals surface area (Å²) in [7, 11) is 0. The second kappa shape index (κ2) is 7.53. The average Bonchev–Trinajstić information content (AvgIpc) is 2.49. The van der Waals surface area contributed by atoms with Gasteiger partial charge < -0.3 is 15.4 Å². The maximum atomic E-state index is 6.04. The van der Waals surface area contributed by atoms with E-state index in [-0.39, 0.29) is 0 Å². The Morgan fingerprint density at radius 3 is 2.55 bits per heavy atom. The molecule has 0 saturated carbocycles. The molecule has 0 spiro atoms. The van der Waals surface area contributed by atoms with E-state index in [1.807, 2.05) is 0 Å². The van der Waals surface area contributed by atoms with Crippen molar-refractivity contribution in [3.05, 3.63) is 24.3 Å². The highest BCUT2D eigenvalue weighted by Gasteiger charge is 2.16. The molecule has 3 nitrogen and oxygen atoms in total. The Morgan fingerprint density at radius 2 is 1.95 bits per heavy atom. The van der Waals surface area contributed by atoms with Crippen LogP contribution in [-0.2, 0) is 0 Å². The molecule has 1 aromatic carbocycles. The van der Waals surface area contributed by atoms with Crippen LogP contribution in [0.5, 0.6) is 5.75 Å². The van der Waals surface area contributed by atoms with Gasteiger partial charge in [-0.05, 0) is 43.0 Å². The van der Waals surface area contributed by atoms with Gasteiger partial charge >= 0.3 is 0 Å². The zero-order valence-corrected chi connectivity index (χ0v) is 12.8. The molecule has 0 amide bonds. The second-order valence-electron chi connectivity index (χ2n) is 5.84. The molecule has 1 aromatic rings. The first kappa shape index (κ1) is 15.2. The van der Waals surface area contributed by atoms with E-state index >= 15 is 0 Å². The molecule has 1 fully saturated rings. The van der Waals surface area contributed by atoms with Crippen LogP contribution in [0.2, 0.25) is 0 Å². The molecule has 3 heteroatoms. The minimum atomic E-state index is 0.314. The molecule has 1 aliphatic heterocycles. The van der Waals surface area contributed by atoms with Crippen molar-refractivity contribution >= 4 is 5.69 Å². The van der Waals surface area contributed by atoms with Gasteiger partial charge in [-0.3, -0.25) is 0 Å². The van der Waals surface area contributed by atoms with Crippen molar-refractivity contribution in [2.75, 3.05) is 24.6 Å². The van der Waals surface area contributed by atoms with Crippen LogP contribution in [0.4, 0.5) is 5.69 Å². The maximum Gasteiger partial charge on any atom is 0.119 e. The molecule has 2 N–H and O–H groups in total. The van der Waals surface area contributed by atoms with Gasteiger partial charge in [-0.1, -0.05) is 26.7 Å². The summed E-state index contributed by atoms with van der Waals surface area (Å²) in [6, 6.07) is 8.78. The predicted molar refractivity (Wildman–Crippen MR) is 85.4 cm³/mol. The van der Waals surface area contributed by atoms with E-state index in [2.05, 4.69) is 43.0 Å². The molecule has 0 aromatic heterocycles. The van der Waals surface area contributed by atoms with Gasteiger partial charge in [0.15, 0.2) is 0 Å². The van der Waals surface area contributed by atoms with E-state index < -0.39 is 0 Å². The van der Waals surface area contributed by atoms with E-state index in [1.165, 1.54) is 24.9 Å². The van der Waals surface area contributed by atoms with Crippen molar-refractivity contribution in [1.29, 1.82) is 0 Å². The fourth-order valence-corrected chi connectivity index (χ4v) is 2.74. The van der Waals surface area contributed by atoms with Gasteiger partial charge in [0.1, 0.15) is 5.75 Å². The number of anilines is 1. The summed E-state index contributed by atoms with van der Waals surface area (Å²) in [4.78, 5) is 2.37. The van der Waals surface area contributed by atoms with Crippen molar-refractivity contribution < 1.29 is 4.74 Å². The standard InChI is InChI=1S/C17H28N2O/c1-3-14(4-2)13-20-17-9-7-16(8-10-17)19-11-5-6-15(18)12-19/h7-10,14-15H,3-6,11-13,18H2,1-2H3. The Kier molecular flexibility index (Phi) is 5.72. The second-order valence-corrected chi connectivity index (χ2v) is 5.84. The summed E-state index contributed by atoms with van der Waals surface area (Å²) < 4.78 is 5.87. The third kappa shape index (κ3) is 4.14. The third-order valence-electron chi connectivity index (χ3n) is 4.30. The summed E-state index contributed by atoms with van der Waals surface area (Å²) >= 11 is 0. The molecule has 112 valence electrons. The van der Waals surface area contributed by atoms with Gasteiger partial charge in [0.25, 0.3) is 0 Å². The number of hydrogen-bond acceptors (Lipinski definition) is 3. The van der Waals surface area contributed by atoms with E-state index in [0.717, 1.165) is 31.9 Å². The third-order valence-corrected chi connectivity index (χ3v) is 4.30. The van der Waals surface area contributed by atoms with Crippen molar-refractivity contribution in [2.45, 2.75) is 45.6 Å². The summed E-state index contributed by atoms with van der Waals surface area (Å²) in [6.45, 7) is 7.34. The van der Waals surface area contributed by atoms with Crippen molar-refractivity contribution in [1.82, 2.24) is 0 Å². The fourth-order valence-electron chi connectivity index (χ4n) is 2.74. The topological polar surface area (TPSA) is 38.5 Å². The maximum absolute atomic E-state index is 6.04. The molecule has 1 heterocycles. The zero-order chi connectivity index (χ0) is 14.4. The number of piperidine rings is 1. The number of hydrogen-bond donors (Lipinski definition) is 1. The highest BCUT2D eigenvalue weighted by atomic mass is 16.5. The molecule has 20 heavy (non-hydrogen) atoms. The van der Waals surface area contributed by atoms with Gasteiger partial charge in [0, 0.05) is 24.8 Å². The van der Waals surface area contributed by atoms with Crippen LogP contribution in [0, 0.1) is 5.92 Å². The predicted octanol–water partition coefficient (Wildman–Crippen LogP) is 3.43. The average molecular weight is 276 g/mol. The van der Waals surface area contributed by atoms with E-state index in [1.54, 1.807) is 0 Å². The first-order valence-electron chi connectivity index (χ1n) is 7.96. The summed E-state index contributed by atoms with van der Waals surface area (Å²) in [5.74, 6) is 1.64. The van der Waals surface area contributed by atoms with Crippen LogP contribution in [0.25, 0.3) is 0 Å². The van der Waals surface area contributed by atoms with Gasteiger partial charge in [-0.25, -0.2) is 0 Å². The molecule has 0 radical (unpaired) electrons. The van der Waals surface area contributed by atoms with Crippen LogP contribution in [0.3, 0.4) is 0 Å². The molecule has 1 saturated heterocycles. The van der Waals surface area contributed by atoms with Gasteiger partial charge in [0.2, 0.25) is 0 Å². The Balaban J connectivity index is 1.89. The number of rotatable bonds is 6. The molecule has 0 bridgehead atoms. The van der Waals surface area contributed by atoms with Crippen LogP contribution in [-0.4, -0.2) is 25.7 Å². The van der Waals surface area contributed by atoms with Crippen LogP contribution < -0.4 is 15.4 Å². The number of nitrogens with zero attached hydrogens (tertiary/aromatic N) is 1. The molecule has 1 unspecified atom stereocenters. The lowest BCUT2D eigenvalue weighted by atomic mass is 10.1. The molecular weight excluding hydrogens is 248 g/mol. The number of nitrogens with two attached hydrogens (primary N) is 1. The Morgan fingerprint density at radius 1 is 1.25 bits per heavy atom. The van der Waals surface area contributed by atoms with E-state index in [0.29, 0.717) is 12.0 Å². The van der Waals surface area contributed by atoms with E-state index in [4.69, 9.17) is 10.5 Å². The summed E-state index contributed by atoms with van der Waals surface area (Å²) in [6.07, 6.45) is 4.70. The molecule has 1 aliphatic rings. The molecular formula is C17H28N2O. The lowest BCUT2D eigenvalue weighted by molar-refractivity contribution is 0.240. The van der Waals surface area contributed by atoms with Crippen LogP contribution in [0.15, 0.2) is 24.3 Å².